The van der Waals surface area contributed by atoms with Crippen LogP contribution in [0.3, 0.4) is 0 Å². The minimum Gasteiger partial charge on any atom is -0.507 e. The molecular formula is C32H34N2O3S. The van der Waals surface area contributed by atoms with Crippen molar-refractivity contribution in [2.75, 3.05) is 5.75 Å². The molecule has 0 amide bonds. The summed E-state index contributed by atoms with van der Waals surface area (Å²) in [5.41, 5.74) is 3.90. The van der Waals surface area contributed by atoms with Crippen LogP contribution in [0, 0.1) is 5.92 Å². The van der Waals surface area contributed by atoms with Crippen molar-refractivity contribution >= 4 is 16.2 Å². The lowest BCUT2D eigenvalue weighted by Crippen LogP contribution is -2.35. The molecule has 0 saturated carbocycles. The quantitative estimate of drug-likeness (QED) is 0.216. The molecule has 38 heavy (non-hydrogen) atoms. The average molecular weight is 527 g/mol. The van der Waals surface area contributed by atoms with Crippen molar-refractivity contribution in [2.24, 2.45) is 10.9 Å². The Bertz CT molecular complexity index is 1400. The van der Waals surface area contributed by atoms with Gasteiger partial charge in [0.15, 0.2) is 0 Å². The van der Waals surface area contributed by atoms with Crippen LogP contribution >= 0.6 is 0 Å². The molecule has 0 fully saturated rings. The summed E-state index contributed by atoms with van der Waals surface area (Å²) >= 11 is 0. The van der Waals surface area contributed by atoms with E-state index in [4.69, 9.17) is 0 Å². The van der Waals surface area contributed by atoms with Gasteiger partial charge in [-0.25, -0.2) is 13.1 Å². The van der Waals surface area contributed by atoms with Gasteiger partial charge >= 0.3 is 0 Å². The largest absolute Gasteiger partial charge is 0.507 e. The Morgan fingerprint density at radius 1 is 0.789 bits per heavy atom. The van der Waals surface area contributed by atoms with E-state index in [2.05, 4.69) is 9.71 Å². The zero-order valence-corrected chi connectivity index (χ0v) is 22.6. The van der Waals surface area contributed by atoms with Gasteiger partial charge in [0.05, 0.1) is 17.8 Å². The van der Waals surface area contributed by atoms with Gasteiger partial charge in [0, 0.05) is 17.3 Å². The van der Waals surface area contributed by atoms with Crippen LogP contribution in [-0.4, -0.2) is 31.5 Å². The summed E-state index contributed by atoms with van der Waals surface area (Å²) in [5, 5.41) is 10.9. The second-order valence-electron chi connectivity index (χ2n) is 9.82. The minimum atomic E-state index is -3.71. The molecule has 2 N–H and O–H groups in total. The SMILES string of the molecule is CC(C)C[C@@H](CS(=O)(=O)NC(c1ccccc1)c1ccccc1)N=Cc1cccc(-c2ccccc2)c1O. The smallest absolute Gasteiger partial charge is 0.214 e. The van der Waals surface area contributed by atoms with Gasteiger partial charge in [-0.3, -0.25) is 4.99 Å². The Labute approximate surface area is 226 Å². The molecule has 0 spiro atoms. The van der Waals surface area contributed by atoms with Gasteiger partial charge in [-0.05, 0) is 35.1 Å². The van der Waals surface area contributed by atoms with E-state index in [1.165, 1.54) is 0 Å². The third-order valence-electron chi connectivity index (χ3n) is 6.29. The minimum absolute atomic E-state index is 0.125. The molecule has 5 nitrogen and oxygen atoms in total. The van der Waals surface area contributed by atoms with Gasteiger partial charge in [0.25, 0.3) is 0 Å². The number of hydrogen-bond donors (Lipinski definition) is 2. The number of nitrogens with zero attached hydrogens (tertiary/aromatic N) is 1. The predicted octanol–water partition coefficient (Wildman–Crippen LogP) is 6.60. The Morgan fingerprint density at radius 2 is 1.34 bits per heavy atom. The third-order valence-corrected chi connectivity index (χ3v) is 7.71. The van der Waals surface area contributed by atoms with Crippen LogP contribution in [-0.2, 0) is 10.0 Å². The number of phenols is 1. The topological polar surface area (TPSA) is 78.8 Å². The highest BCUT2D eigenvalue weighted by molar-refractivity contribution is 7.89. The Kier molecular flexibility index (Phi) is 9.10. The number of hydrogen-bond acceptors (Lipinski definition) is 4. The number of aromatic hydroxyl groups is 1. The van der Waals surface area contributed by atoms with Crippen LogP contribution in [0.15, 0.2) is 114 Å². The van der Waals surface area contributed by atoms with Crippen molar-refractivity contribution in [2.45, 2.75) is 32.4 Å². The summed E-state index contributed by atoms with van der Waals surface area (Å²) in [6.45, 7) is 4.10. The predicted molar refractivity (Wildman–Crippen MR) is 156 cm³/mol. The highest BCUT2D eigenvalue weighted by Gasteiger charge is 2.25. The third kappa shape index (κ3) is 7.40. The molecule has 4 aromatic carbocycles. The first kappa shape index (κ1) is 27.3. The number of phenolic OH excluding ortho intramolecular Hbond substituents is 1. The molecule has 0 aromatic heterocycles. The van der Waals surface area contributed by atoms with Crippen molar-refractivity contribution in [1.82, 2.24) is 4.72 Å². The number of para-hydroxylation sites is 1. The van der Waals surface area contributed by atoms with E-state index in [-0.39, 0.29) is 17.4 Å². The molecule has 0 unspecified atom stereocenters. The molecule has 0 saturated heterocycles. The fourth-order valence-corrected chi connectivity index (χ4v) is 5.97. The van der Waals surface area contributed by atoms with Gasteiger partial charge in [-0.15, -0.1) is 0 Å². The van der Waals surface area contributed by atoms with Gasteiger partial charge in [-0.1, -0.05) is 117 Å². The maximum Gasteiger partial charge on any atom is 0.214 e. The normalized spacial score (nSPS) is 12.8. The molecule has 6 heteroatoms. The number of nitrogens with one attached hydrogen (secondary N) is 1. The molecule has 1 atom stereocenters. The lowest BCUT2D eigenvalue weighted by Gasteiger charge is -2.22. The maximum atomic E-state index is 13.5. The molecule has 0 bridgehead atoms. The van der Waals surface area contributed by atoms with Gasteiger partial charge in [0.1, 0.15) is 5.75 Å². The first-order valence-electron chi connectivity index (χ1n) is 12.8. The van der Waals surface area contributed by atoms with E-state index in [1.54, 1.807) is 12.3 Å². The van der Waals surface area contributed by atoms with Crippen molar-refractivity contribution < 1.29 is 13.5 Å². The molecule has 0 radical (unpaired) electrons. The van der Waals surface area contributed by atoms with E-state index in [1.807, 2.05) is 117 Å². The van der Waals surface area contributed by atoms with Gasteiger partial charge in [-0.2, -0.15) is 0 Å². The summed E-state index contributed by atoms with van der Waals surface area (Å²) in [4.78, 5) is 4.66. The molecule has 196 valence electrons. The highest BCUT2D eigenvalue weighted by Crippen LogP contribution is 2.31. The van der Waals surface area contributed by atoms with Gasteiger partial charge < -0.3 is 5.11 Å². The molecule has 0 aliphatic rings. The molecule has 0 aliphatic heterocycles. The van der Waals surface area contributed by atoms with Crippen molar-refractivity contribution in [1.29, 1.82) is 0 Å². The van der Waals surface area contributed by atoms with Crippen LogP contribution in [0.2, 0.25) is 0 Å². The number of rotatable bonds is 11. The van der Waals surface area contributed by atoms with Crippen LogP contribution in [0.25, 0.3) is 11.1 Å². The molecule has 0 heterocycles. The number of sulfonamides is 1. The number of benzene rings is 4. The van der Waals surface area contributed by atoms with Crippen LogP contribution in [0.4, 0.5) is 0 Å². The van der Waals surface area contributed by atoms with E-state index in [9.17, 15) is 13.5 Å². The Balaban J connectivity index is 1.58. The molecule has 4 rings (SSSR count). The van der Waals surface area contributed by atoms with Crippen molar-refractivity contribution in [3.05, 3.63) is 126 Å². The van der Waals surface area contributed by atoms with Crippen LogP contribution < -0.4 is 4.72 Å². The summed E-state index contributed by atoms with van der Waals surface area (Å²) in [6, 6.07) is 33.3. The van der Waals surface area contributed by atoms with Crippen molar-refractivity contribution in [3.63, 3.8) is 0 Å². The zero-order valence-electron chi connectivity index (χ0n) is 21.7. The van der Waals surface area contributed by atoms with E-state index in [0.29, 0.717) is 17.5 Å². The fourth-order valence-electron chi connectivity index (χ4n) is 4.52. The second kappa shape index (κ2) is 12.7. The molecular weight excluding hydrogens is 492 g/mol. The number of aliphatic imine (C=N–C) groups is 1. The summed E-state index contributed by atoms with van der Waals surface area (Å²) in [6.07, 6.45) is 2.19. The standard InChI is InChI=1S/C32H34N2O3S/c1-24(2)21-29(33-22-28-19-12-20-30(32(28)35)25-13-6-3-7-14-25)23-38(36,37)34-31(26-15-8-4-9-16-26)27-17-10-5-11-18-27/h3-20,22,24,29,31,34-35H,21,23H2,1-2H3/t29-/m0/s1. The average Bonchev–Trinajstić information content (AvgIpc) is 2.92. The zero-order chi connectivity index (χ0) is 27.0. The van der Waals surface area contributed by atoms with E-state index >= 15 is 0 Å². The van der Waals surface area contributed by atoms with Crippen molar-refractivity contribution in [3.8, 4) is 16.9 Å². The highest BCUT2D eigenvalue weighted by atomic mass is 32.2. The first-order valence-corrected chi connectivity index (χ1v) is 14.5. The lowest BCUT2D eigenvalue weighted by atomic mass is 10.00. The van der Waals surface area contributed by atoms with E-state index < -0.39 is 22.1 Å². The maximum absolute atomic E-state index is 13.5. The first-order chi connectivity index (χ1) is 18.3. The van der Waals surface area contributed by atoms with Gasteiger partial charge in [0.2, 0.25) is 10.0 Å². The summed E-state index contributed by atoms with van der Waals surface area (Å²) in [5.74, 6) is 0.215. The Hall–Kier alpha value is -3.74. The monoisotopic (exact) mass is 526 g/mol. The fraction of sp³-hybridized carbons (Fsp3) is 0.219. The molecule has 4 aromatic rings. The lowest BCUT2D eigenvalue weighted by molar-refractivity contribution is 0.476. The summed E-state index contributed by atoms with van der Waals surface area (Å²) in [7, 11) is -3.71. The van der Waals surface area contributed by atoms with Crippen LogP contribution in [0.1, 0.15) is 43.0 Å². The van der Waals surface area contributed by atoms with Crippen LogP contribution in [0.5, 0.6) is 5.75 Å². The van der Waals surface area contributed by atoms with E-state index in [0.717, 1.165) is 16.7 Å². The molecule has 0 aliphatic carbocycles. The second-order valence-corrected chi connectivity index (χ2v) is 11.6. The summed E-state index contributed by atoms with van der Waals surface area (Å²) < 4.78 is 29.8. The Morgan fingerprint density at radius 3 is 1.89 bits per heavy atom.